The number of amides is 5. The third-order valence-corrected chi connectivity index (χ3v) is 9.96. The highest BCUT2D eigenvalue weighted by Gasteiger charge is 2.30. The Balaban J connectivity index is 0.000000221. The number of carbonyl (C=O) groups is 6. The monoisotopic (exact) mass is 816 g/mol. The standard InChI is InChI=1S/C21H25N3O5.C14H13N3O3.C7H14O3/c25-13-4-2-1-3-8-18(26)22-16-7-5-6-15-14(16)11-12-24(21(15)29)17-9-10-19(27)23-20(17)28;15-10-3-1-2-9-8(10)6-7-17(14(9)20)11-4-5-12(18)16-13(11)19;8-6-4-2-1-3-5-7(9)10/h5-7,11-12,17,25H,1-4,8-10,13H2,(H,22,26)(H,23,27,28);1-3,6-7,11H,4-5,15H2,(H,16,18,19);8H,1-6H2,(H,9,10). The Labute approximate surface area is 339 Å². The summed E-state index contributed by atoms with van der Waals surface area (Å²) in [6, 6.07) is 12.2. The summed E-state index contributed by atoms with van der Waals surface area (Å²) in [7, 11) is 0. The lowest BCUT2D eigenvalue weighted by Gasteiger charge is -2.23. The molecule has 316 valence electrons. The number of pyridine rings is 2. The summed E-state index contributed by atoms with van der Waals surface area (Å²) in [4.78, 5) is 94.1. The fourth-order valence-electron chi connectivity index (χ4n) is 6.81. The van der Waals surface area contributed by atoms with Gasteiger partial charge in [-0.2, -0.15) is 0 Å². The Bertz CT molecular complexity index is 2270. The second kappa shape index (κ2) is 22.7. The van der Waals surface area contributed by atoms with Gasteiger partial charge in [-0.3, -0.25) is 49.0 Å². The molecule has 4 aromatic rings. The number of carboxylic acid groups (broad SMARTS) is 1. The van der Waals surface area contributed by atoms with Crippen molar-refractivity contribution in [3.8, 4) is 0 Å². The number of rotatable bonds is 15. The van der Waals surface area contributed by atoms with E-state index in [1.54, 1.807) is 54.7 Å². The van der Waals surface area contributed by atoms with Crippen LogP contribution in [0, 0.1) is 0 Å². The van der Waals surface area contributed by atoms with Gasteiger partial charge in [0.25, 0.3) is 11.1 Å². The van der Waals surface area contributed by atoms with Crippen LogP contribution in [0.2, 0.25) is 0 Å². The van der Waals surface area contributed by atoms with Crippen LogP contribution in [0.1, 0.15) is 102 Å². The molecule has 8 N–H and O–H groups in total. The van der Waals surface area contributed by atoms with Crippen molar-refractivity contribution in [2.24, 2.45) is 0 Å². The molecule has 0 spiro atoms. The number of carboxylic acids is 1. The SMILES string of the molecule is Nc1cccc2c(=O)n(C3CCC(=O)NC3=O)ccc12.O=C(O)CCCCCCO.O=C1CCC(n2ccc3c(NC(=O)CCCCCCO)cccc3c2=O)C(=O)N1. The lowest BCUT2D eigenvalue weighted by atomic mass is 10.0. The van der Waals surface area contributed by atoms with Crippen molar-refractivity contribution in [1.29, 1.82) is 0 Å². The molecule has 2 saturated heterocycles. The van der Waals surface area contributed by atoms with Crippen molar-refractivity contribution in [2.45, 2.75) is 102 Å². The van der Waals surface area contributed by atoms with E-state index in [0.29, 0.717) is 45.8 Å². The molecule has 2 fully saturated rings. The van der Waals surface area contributed by atoms with E-state index < -0.39 is 29.9 Å². The predicted octanol–water partition coefficient (Wildman–Crippen LogP) is 3.44. The zero-order valence-corrected chi connectivity index (χ0v) is 32.8. The Morgan fingerprint density at radius 1 is 0.627 bits per heavy atom. The maximum absolute atomic E-state index is 12.9. The molecule has 2 aromatic heterocycles. The van der Waals surface area contributed by atoms with E-state index in [9.17, 15) is 38.4 Å². The van der Waals surface area contributed by atoms with E-state index in [0.717, 1.165) is 51.4 Å². The summed E-state index contributed by atoms with van der Waals surface area (Å²) in [6.07, 6.45) is 11.4. The molecule has 5 amide bonds. The molecule has 0 aliphatic carbocycles. The predicted molar refractivity (Wildman–Crippen MR) is 220 cm³/mol. The minimum Gasteiger partial charge on any atom is -0.481 e. The number of imide groups is 2. The largest absolute Gasteiger partial charge is 0.481 e. The third kappa shape index (κ3) is 12.9. The van der Waals surface area contributed by atoms with Crippen molar-refractivity contribution >= 4 is 68.4 Å². The molecule has 2 unspecified atom stereocenters. The normalized spacial score (nSPS) is 16.3. The first-order valence-corrected chi connectivity index (χ1v) is 19.8. The van der Waals surface area contributed by atoms with Crippen LogP contribution in [0.25, 0.3) is 21.5 Å². The Morgan fingerprint density at radius 2 is 1.10 bits per heavy atom. The van der Waals surface area contributed by atoms with Gasteiger partial charge in [-0.1, -0.05) is 37.8 Å². The number of fused-ring (bicyclic) bond motifs is 2. The van der Waals surface area contributed by atoms with Crippen LogP contribution in [0.4, 0.5) is 11.4 Å². The highest BCUT2D eigenvalue weighted by Crippen LogP contribution is 2.25. The van der Waals surface area contributed by atoms with Crippen LogP contribution in [0.15, 0.2) is 70.5 Å². The van der Waals surface area contributed by atoms with Gasteiger partial charge in [-0.25, -0.2) is 0 Å². The lowest BCUT2D eigenvalue weighted by Crippen LogP contribution is -2.44. The summed E-state index contributed by atoms with van der Waals surface area (Å²) >= 11 is 0. The van der Waals surface area contributed by atoms with Crippen molar-refractivity contribution < 1.29 is 44.1 Å². The average Bonchev–Trinajstić information content (AvgIpc) is 3.20. The number of nitrogens with two attached hydrogens (primary N) is 1. The molecule has 0 radical (unpaired) electrons. The molecule has 17 heteroatoms. The van der Waals surface area contributed by atoms with E-state index in [1.807, 2.05) is 0 Å². The van der Waals surface area contributed by atoms with Gasteiger partial charge in [0.15, 0.2) is 0 Å². The quantitative estimate of drug-likeness (QED) is 0.0517. The number of aliphatic hydroxyl groups is 2. The zero-order valence-electron chi connectivity index (χ0n) is 32.8. The van der Waals surface area contributed by atoms with Crippen molar-refractivity contribution in [3.63, 3.8) is 0 Å². The second-order valence-electron chi connectivity index (χ2n) is 14.3. The summed E-state index contributed by atoms with van der Waals surface area (Å²) in [5.41, 5.74) is 6.29. The minimum atomic E-state index is -0.732. The first-order valence-electron chi connectivity index (χ1n) is 19.8. The summed E-state index contributed by atoms with van der Waals surface area (Å²) < 4.78 is 2.71. The maximum atomic E-state index is 12.9. The summed E-state index contributed by atoms with van der Waals surface area (Å²) in [5, 5.41) is 34.9. The van der Waals surface area contributed by atoms with Crippen LogP contribution < -0.4 is 32.8 Å². The number of nitrogen functional groups attached to an aromatic ring is 1. The van der Waals surface area contributed by atoms with Crippen LogP contribution in [0.5, 0.6) is 0 Å². The van der Waals surface area contributed by atoms with Crippen LogP contribution >= 0.6 is 0 Å². The molecule has 17 nitrogen and oxygen atoms in total. The number of hydrogen-bond acceptors (Lipinski definition) is 11. The van der Waals surface area contributed by atoms with Crippen molar-refractivity contribution in [2.75, 3.05) is 24.3 Å². The van der Waals surface area contributed by atoms with Crippen molar-refractivity contribution in [1.82, 2.24) is 19.8 Å². The lowest BCUT2D eigenvalue weighted by molar-refractivity contribution is -0.138. The maximum Gasteiger partial charge on any atom is 0.303 e. The Hall–Kier alpha value is -6.20. The summed E-state index contributed by atoms with van der Waals surface area (Å²) in [5.74, 6) is -2.41. The number of benzene rings is 2. The number of aromatic nitrogens is 2. The number of hydrogen-bond donors (Lipinski definition) is 7. The number of aliphatic carboxylic acids is 1. The molecule has 2 aromatic carbocycles. The fraction of sp³-hybridized carbons (Fsp3) is 0.429. The van der Waals surface area contributed by atoms with E-state index in [-0.39, 0.29) is 67.7 Å². The minimum absolute atomic E-state index is 0.129. The van der Waals surface area contributed by atoms with E-state index in [4.69, 9.17) is 21.1 Å². The van der Waals surface area contributed by atoms with Gasteiger partial charge in [-0.15, -0.1) is 0 Å². The van der Waals surface area contributed by atoms with Gasteiger partial charge in [0.2, 0.25) is 29.5 Å². The highest BCUT2D eigenvalue weighted by molar-refractivity contribution is 6.03. The third-order valence-electron chi connectivity index (χ3n) is 9.96. The zero-order chi connectivity index (χ0) is 42.9. The number of nitrogens with zero attached hydrogens (tertiary/aromatic N) is 2. The summed E-state index contributed by atoms with van der Waals surface area (Å²) in [6.45, 7) is 0.381. The second-order valence-corrected chi connectivity index (χ2v) is 14.3. The number of anilines is 2. The number of aliphatic hydroxyl groups excluding tert-OH is 2. The van der Waals surface area contributed by atoms with E-state index in [2.05, 4.69) is 16.0 Å². The smallest absolute Gasteiger partial charge is 0.303 e. The van der Waals surface area contributed by atoms with Gasteiger partial charge >= 0.3 is 5.97 Å². The molecule has 59 heavy (non-hydrogen) atoms. The first kappa shape index (κ1) is 45.5. The van der Waals surface area contributed by atoms with Crippen LogP contribution in [0.3, 0.4) is 0 Å². The molecule has 0 saturated carbocycles. The molecule has 6 rings (SSSR count). The van der Waals surface area contributed by atoms with Gasteiger partial charge in [0.1, 0.15) is 12.1 Å². The van der Waals surface area contributed by atoms with Gasteiger partial charge in [0.05, 0.1) is 0 Å². The molecule has 0 bridgehead atoms. The fourth-order valence-corrected chi connectivity index (χ4v) is 6.81. The van der Waals surface area contributed by atoms with Crippen LogP contribution in [-0.2, 0) is 28.8 Å². The number of carbonyl (C=O) groups excluding carboxylic acids is 5. The molecule has 4 heterocycles. The topological polar surface area (TPSA) is 269 Å². The van der Waals surface area contributed by atoms with Crippen molar-refractivity contribution in [3.05, 3.63) is 81.6 Å². The van der Waals surface area contributed by atoms with Gasteiger partial charge in [0, 0.05) is 84.2 Å². The number of piperidine rings is 2. The number of nitrogens with one attached hydrogen (secondary N) is 3. The first-order chi connectivity index (χ1) is 28.4. The average molecular weight is 817 g/mol. The van der Waals surface area contributed by atoms with Crippen LogP contribution in [-0.4, -0.2) is 73.2 Å². The Kier molecular flexibility index (Phi) is 17.5. The van der Waals surface area contributed by atoms with Gasteiger partial charge in [-0.05, 0) is 74.9 Å². The molecule has 2 aliphatic heterocycles. The molecular weight excluding hydrogens is 764 g/mol. The van der Waals surface area contributed by atoms with E-state index in [1.165, 1.54) is 15.3 Å². The highest BCUT2D eigenvalue weighted by atomic mass is 16.4. The molecule has 2 atom stereocenters. The molecular formula is C42H52N6O11. The Morgan fingerprint density at radius 3 is 1.61 bits per heavy atom. The van der Waals surface area contributed by atoms with Gasteiger partial charge < -0.3 is 35.5 Å². The molecule has 2 aliphatic rings. The van der Waals surface area contributed by atoms with E-state index >= 15 is 0 Å². The number of unbranched alkanes of at least 4 members (excludes halogenated alkanes) is 6.